The Morgan fingerprint density at radius 1 is 1.27 bits per heavy atom. The van der Waals surface area contributed by atoms with Gasteiger partial charge in [0.2, 0.25) is 0 Å². The van der Waals surface area contributed by atoms with Crippen molar-refractivity contribution in [2.24, 2.45) is 5.92 Å². The summed E-state index contributed by atoms with van der Waals surface area (Å²) in [5.74, 6) is -0.589. The summed E-state index contributed by atoms with van der Waals surface area (Å²) in [6, 6.07) is 6.01. The van der Waals surface area contributed by atoms with E-state index in [1.165, 1.54) is 12.3 Å². The summed E-state index contributed by atoms with van der Waals surface area (Å²) in [5.41, 5.74) is 3.05. The predicted octanol–water partition coefficient (Wildman–Crippen LogP) is 4.24. The van der Waals surface area contributed by atoms with Crippen LogP contribution in [0.2, 0.25) is 0 Å². The van der Waals surface area contributed by atoms with E-state index in [9.17, 15) is 14.0 Å². The number of likely N-dealkylation sites (tertiary alicyclic amines) is 1. The maximum Gasteiger partial charge on any atom is 0.341 e. The van der Waals surface area contributed by atoms with Crippen molar-refractivity contribution < 1.29 is 18.7 Å². The highest BCUT2D eigenvalue weighted by Gasteiger charge is 2.41. The summed E-state index contributed by atoms with van der Waals surface area (Å²) in [7, 11) is 0. The molecule has 0 amide bonds. The number of aromatic nitrogens is 2. The highest BCUT2D eigenvalue weighted by atomic mass is 32.1. The average molecular weight is 472 g/mol. The Kier molecular flexibility index (Phi) is 7.34. The van der Waals surface area contributed by atoms with Crippen molar-refractivity contribution in [1.29, 1.82) is 0 Å². The van der Waals surface area contributed by atoms with Crippen LogP contribution in [-0.4, -0.2) is 51.4 Å². The molecule has 2 atom stereocenters. The lowest BCUT2D eigenvalue weighted by Crippen LogP contribution is -2.43. The molecule has 0 bridgehead atoms. The number of hydrogen-bond donors (Lipinski definition) is 1. The molecule has 6 nitrogen and oxygen atoms in total. The SMILES string of the molecule is CCOC(=O)c1cnn(CC(C)=C2CN(C(C(=O)C3CC3)c3ccccc3F)CCC2S)c1. The third-order valence-electron chi connectivity index (χ3n) is 6.37. The molecule has 33 heavy (non-hydrogen) atoms. The number of halogens is 1. The molecule has 0 spiro atoms. The molecule has 0 radical (unpaired) electrons. The van der Waals surface area contributed by atoms with Crippen LogP contribution in [0.25, 0.3) is 0 Å². The number of esters is 1. The maximum absolute atomic E-state index is 14.7. The first-order valence-corrected chi connectivity index (χ1v) is 12.0. The van der Waals surface area contributed by atoms with E-state index >= 15 is 0 Å². The first kappa shape index (κ1) is 23.7. The number of ether oxygens (including phenoxy) is 1. The quantitative estimate of drug-likeness (QED) is 0.354. The summed E-state index contributed by atoms with van der Waals surface area (Å²) in [6.07, 6.45) is 5.72. The van der Waals surface area contributed by atoms with Gasteiger partial charge >= 0.3 is 5.97 Å². The lowest BCUT2D eigenvalue weighted by molar-refractivity contribution is -0.126. The topological polar surface area (TPSA) is 64.4 Å². The predicted molar refractivity (Wildman–Crippen MR) is 127 cm³/mol. The van der Waals surface area contributed by atoms with E-state index in [-0.39, 0.29) is 22.8 Å². The second-order valence-corrected chi connectivity index (χ2v) is 9.45. The average Bonchev–Trinajstić information content (AvgIpc) is 3.55. The van der Waals surface area contributed by atoms with Crippen LogP contribution in [0.1, 0.15) is 55.1 Å². The van der Waals surface area contributed by atoms with Crippen molar-refractivity contribution in [3.05, 3.63) is 64.7 Å². The summed E-state index contributed by atoms with van der Waals surface area (Å²) >= 11 is 4.80. The van der Waals surface area contributed by atoms with Crippen molar-refractivity contribution in [3.63, 3.8) is 0 Å². The van der Waals surface area contributed by atoms with Gasteiger partial charge in [-0.25, -0.2) is 9.18 Å². The second kappa shape index (κ2) is 10.2. The van der Waals surface area contributed by atoms with Crippen LogP contribution >= 0.6 is 12.6 Å². The third kappa shape index (κ3) is 5.38. The number of ketones is 1. The zero-order valence-electron chi connectivity index (χ0n) is 19.0. The molecule has 2 aliphatic rings. The molecule has 0 N–H and O–H groups in total. The van der Waals surface area contributed by atoms with Crippen molar-refractivity contribution in [2.45, 2.75) is 50.9 Å². The maximum atomic E-state index is 14.7. The van der Waals surface area contributed by atoms with E-state index < -0.39 is 12.0 Å². The Bertz CT molecular complexity index is 1060. The smallest absolute Gasteiger partial charge is 0.341 e. The zero-order valence-corrected chi connectivity index (χ0v) is 19.9. The van der Waals surface area contributed by atoms with E-state index in [1.54, 1.807) is 36.0 Å². The number of allylic oxidation sites excluding steroid dienone is 1. The zero-order chi connectivity index (χ0) is 23.5. The van der Waals surface area contributed by atoms with Crippen LogP contribution in [-0.2, 0) is 16.1 Å². The number of Topliss-reactive ketones (excluding diaryl/α,β-unsaturated/α-hetero) is 1. The van der Waals surface area contributed by atoms with Crippen LogP contribution in [0, 0.1) is 11.7 Å². The van der Waals surface area contributed by atoms with Gasteiger partial charge in [0.05, 0.1) is 31.0 Å². The minimum Gasteiger partial charge on any atom is -0.462 e. The standard InChI is InChI=1S/C25H30FN3O3S/c1-3-32-25(31)18-12-27-29(14-18)13-16(2)20-15-28(11-10-22(20)33)23(24(30)17-8-9-17)19-6-4-5-7-21(19)26/h4-7,12,14,17,22-23,33H,3,8-11,13,15H2,1-2H3. The highest BCUT2D eigenvalue weighted by Crippen LogP contribution is 2.40. The van der Waals surface area contributed by atoms with Gasteiger partial charge in [0.25, 0.3) is 0 Å². The van der Waals surface area contributed by atoms with Gasteiger partial charge in [0.1, 0.15) is 5.82 Å². The number of hydrogen-bond acceptors (Lipinski definition) is 6. The third-order valence-corrected chi connectivity index (χ3v) is 6.94. The van der Waals surface area contributed by atoms with Gasteiger partial charge in [-0.3, -0.25) is 14.4 Å². The summed E-state index contributed by atoms with van der Waals surface area (Å²) < 4.78 is 21.5. The van der Waals surface area contributed by atoms with Crippen molar-refractivity contribution in [2.75, 3.05) is 19.7 Å². The van der Waals surface area contributed by atoms with Crippen molar-refractivity contribution >= 4 is 24.4 Å². The van der Waals surface area contributed by atoms with E-state index in [0.29, 0.717) is 37.4 Å². The summed E-state index contributed by atoms with van der Waals surface area (Å²) in [6.45, 7) is 5.82. The molecule has 176 valence electrons. The van der Waals surface area contributed by atoms with E-state index in [2.05, 4.69) is 10.00 Å². The van der Waals surface area contributed by atoms with E-state index in [4.69, 9.17) is 17.4 Å². The number of thiol groups is 1. The van der Waals surface area contributed by atoms with Crippen LogP contribution < -0.4 is 0 Å². The molecule has 4 rings (SSSR count). The second-order valence-electron chi connectivity index (χ2n) is 8.83. The van der Waals surface area contributed by atoms with Crippen LogP contribution in [0.3, 0.4) is 0 Å². The Balaban J connectivity index is 1.57. The van der Waals surface area contributed by atoms with Gasteiger partial charge in [0.15, 0.2) is 5.78 Å². The highest BCUT2D eigenvalue weighted by molar-refractivity contribution is 7.81. The Morgan fingerprint density at radius 2 is 2.03 bits per heavy atom. The first-order chi connectivity index (χ1) is 15.9. The molecular formula is C25H30FN3O3S. The van der Waals surface area contributed by atoms with Crippen LogP contribution in [0.4, 0.5) is 4.39 Å². The fraction of sp³-hybridized carbons (Fsp3) is 0.480. The number of piperidine rings is 1. The molecule has 1 saturated carbocycles. The van der Waals surface area contributed by atoms with Gasteiger partial charge in [-0.2, -0.15) is 17.7 Å². The normalized spacial score (nSPS) is 21.5. The van der Waals surface area contributed by atoms with Gasteiger partial charge < -0.3 is 4.74 Å². The number of carbonyl (C=O) groups excluding carboxylic acids is 2. The lowest BCUT2D eigenvalue weighted by atomic mass is 9.92. The Hall–Kier alpha value is -2.45. The molecule has 1 aliphatic heterocycles. The van der Waals surface area contributed by atoms with Gasteiger partial charge in [-0.15, -0.1) is 0 Å². The molecule has 2 unspecified atom stereocenters. The van der Waals surface area contributed by atoms with Gasteiger partial charge in [-0.1, -0.05) is 23.8 Å². The molecule has 1 aromatic carbocycles. The van der Waals surface area contributed by atoms with Crippen LogP contribution in [0.15, 0.2) is 47.8 Å². The molecular weight excluding hydrogens is 441 g/mol. The molecule has 8 heteroatoms. The molecule has 2 aromatic rings. The fourth-order valence-corrected chi connectivity index (χ4v) is 4.86. The minimum atomic E-state index is -0.581. The van der Waals surface area contributed by atoms with Crippen molar-refractivity contribution in [3.8, 4) is 0 Å². The largest absolute Gasteiger partial charge is 0.462 e. The molecule has 1 saturated heterocycles. The van der Waals surface area contributed by atoms with Gasteiger partial charge in [-0.05, 0) is 44.7 Å². The Morgan fingerprint density at radius 3 is 2.73 bits per heavy atom. The van der Waals surface area contributed by atoms with Crippen molar-refractivity contribution in [1.82, 2.24) is 14.7 Å². The number of benzene rings is 1. The van der Waals surface area contributed by atoms with E-state index in [1.807, 2.05) is 6.92 Å². The summed E-state index contributed by atoms with van der Waals surface area (Å²) in [4.78, 5) is 27.3. The van der Waals surface area contributed by atoms with E-state index in [0.717, 1.165) is 30.4 Å². The molecule has 2 fully saturated rings. The first-order valence-electron chi connectivity index (χ1n) is 11.5. The summed E-state index contributed by atoms with van der Waals surface area (Å²) in [5, 5.41) is 4.35. The number of rotatable bonds is 8. The lowest BCUT2D eigenvalue weighted by Gasteiger charge is -2.38. The van der Waals surface area contributed by atoms with Crippen LogP contribution in [0.5, 0.6) is 0 Å². The minimum absolute atomic E-state index is 0.0298. The fourth-order valence-electron chi connectivity index (χ4n) is 4.44. The van der Waals surface area contributed by atoms with Gasteiger partial charge in [0, 0.05) is 36.0 Å². The monoisotopic (exact) mass is 471 g/mol. The number of carbonyl (C=O) groups is 2. The number of nitrogens with zero attached hydrogens (tertiary/aromatic N) is 3. The Labute approximate surface area is 199 Å². The molecule has 1 aliphatic carbocycles. The molecule has 2 heterocycles. The molecule has 1 aromatic heterocycles.